The summed E-state index contributed by atoms with van der Waals surface area (Å²) in [5.74, 6) is -0.436. The van der Waals surface area contributed by atoms with Gasteiger partial charge in [0.05, 0.1) is 5.69 Å². The SMILES string of the molecule is CCc1cc(Cl)cc(F)c1N. The van der Waals surface area contributed by atoms with E-state index in [4.69, 9.17) is 17.3 Å². The van der Waals surface area contributed by atoms with Crippen LogP contribution in [0.4, 0.5) is 10.1 Å². The normalized spacial score (nSPS) is 10.1. The lowest BCUT2D eigenvalue weighted by atomic mass is 10.1. The maximum absolute atomic E-state index is 12.8. The van der Waals surface area contributed by atoms with E-state index in [-0.39, 0.29) is 5.69 Å². The first-order valence-electron chi connectivity index (χ1n) is 3.38. The second kappa shape index (κ2) is 3.09. The van der Waals surface area contributed by atoms with Gasteiger partial charge in [-0.1, -0.05) is 18.5 Å². The number of rotatable bonds is 1. The molecular formula is C8H9ClFN. The van der Waals surface area contributed by atoms with E-state index in [9.17, 15) is 4.39 Å². The molecule has 0 aliphatic carbocycles. The molecule has 1 nitrogen and oxygen atoms in total. The lowest BCUT2D eigenvalue weighted by molar-refractivity contribution is 0.631. The van der Waals surface area contributed by atoms with Gasteiger partial charge in [0.15, 0.2) is 0 Å². The highest BCUT2D eigenvalue weighted by Crippen LogP contribution is 2.21. The zero-order valence-corrected chi connectivity index (χ0v) is 6.95. The molecule has 0 radical (unpaired) electrons. The average molecular weight is 174 g/mol. The smallest absolute Gasteiger partial charge is 0.147 e. The van der Waals surface area contributed by atoms with Gasteiger partial charge in [0.2, 0.25) is 0 Å². The van der Waals surface area contributed by atoms with Crippen molar-refractivity contribution in [3.8, 4) is 0 Å². The van der Waals surface area contributed by atoms with Gasteiger partial charge in [0.25, 0.3) is 0 Å². The summed E-state index contributed by atoms with van der Waals surface area (Å²) in [5, 5.41) is 0.397. The first-order chi connectivity index (χ1) is 5.15. The highest BCUT2D eigenvalue weighted by molar-refractivity contribution is 6.30. The van der Waals surface area contributed by atoms with Gasteiger partial charge < -0.3 is 5.73 Å². The zero-order chi connectivity index (χ0) is 8.43. The molecule has 0 atom stereocenters. The van der Waals surface area contributed by atoms with E-state index >= 15 is 0 Å². The van der Waals surface area contributed by atoms with Crippen LogP contribution in [0.2, 0.25) is 5.02 Å². The van der Waals surface area contributed by atoms with Crippen LogP contribution in [0.3, 0.4) is 0 Å². The van der Waals surface area contributed by atoms with Gasteiger partial charge in [-0.3, -0.25) is 0 Å². The number of aryl methyl sites for hydroxylation is 1. The van der Waals surface area contributed by atoms with Gasteiger partial charge in [-0.25, -0.2) is 4.39 Å². The van der Waals surface area contributed by atoms with E-state index in [1.165, 1.54) is 6.07 Å². The van der Waals surface area contributed by atoms with Crippen molar-refractivity contribution in [1.82, 2.24) is 0 Å². The third-order valence-electron chi connectivity index (χ3n) is 1.56. The summed E-state index contributed by atoms with van der Waals surface area (Å²) in [6.45, 7) is 1.90. The Morgan fingerprint density at radius 2 is 2.18 bits per heavy atom. The molecule has 1 rings (SSSR count). The highest BCUT2D eigenvalue weighted by Gasteiger charge is 2.04. The van der Waals surface area contributed by atoms with Crippen molar-refractivity contribution in [2.24, 2.45) is 0 Å². The fourth-order valence-electron chi connectivity index (χ4n) is 0.931. The molecule has 60 valence electrons. The largest absolute Gasteiger partial charge is 0.396 e. The van der Waals surface area contributed by atoms with Crippen LogP contribution in [0, 0.1) is 5.82 Å². The Kier molecular flexibility index (Phi) is 2.35. The van der Waals surface area contributed by atoms with Crippen molar-refractivity contribution < 1.29 is 4.39 Å². The maximum Gasteiger partial charge on any atom is 0.147 e. The van der Waals surface area contributed by atoms with Crippen LogP contribution in [-0.2, 0) is 6.42 Å². The molecule has 0 aliphatic heterocycles. The van der Waals surface area contributed by atoms with E-state index in [1.807, 2.05) is 6.92 Å². The molecule has 1 aromatic carbocycles. The molecule has 0 heterocycles. The summed E-state index contributed by atoms with van der Waals surface area (Å²) in [6.07, 6.45) is 0.698. The molecule has 0 saturated carbocycles. The number of nitrogens with two attached hydrogens (primary N) is 1. The van der Waals surface area contributed by atoms with E-state index < -0.39 is 5.82 Å². The van der Waals surface area contributed by atoms with Gasteiger partial charge in [-0.15, -0.1) is 0 Å². The third-order valence-corrected chi connectivity index (χ3v) is 1.78. The first-order valence-corrected chi connectivity index (χ1v) is 3.76. The van der Waals surface area contributed by atoms with Crippen LogP contribution >= 0.6 is 11.6 Å². The molecule has 11 heavy (non-hydrogen) atoms. The van der Waals surface area contributed by atoms with Crippen molar-refractivity contribution >= 4 is 17.3 Å². The quantitative estimate of drug-likeness (QED) is 0.650. The Labute approximate surface area is 70.0 Å². The Hall–Kier alpha value is -0.760. The van der Waals surface area contributed by atoms with Crippen molar-refractivity contribution in [3.05, 3.63) is 28.5 Å². The van der Waals surface area contributed by atoms with Gasteiger partial charge in [0.1, 0.15) is 5.82 Å². The minimum atomic E-state index is -0.436. The first kappa shape index (κ1) is 8.34. The average Bonchev–Trinajstić information content (AvgIpc) is 1.96. The zero-order valence-electron chi connectivity index (χ0n) is 6.20. The van der Waals surface area contributed by atoms with E-state index in [2.05, 4.69) is 0 Å². The summed E-state index contributed by atoms with van der Waals surface area (Å²) in [4.78, 5) is 0. The molecule has 0 unspecified atom stereocenters. The lowest BCUT2D eigenvalue weighted by Gasteiger charge is -2.03. The molecule has 0 aromatic heterocycles. The van der Waals surface area contributed by atoms with Crippen molar-refractivity contribution in [2.75, 3.05) is 5.73 Å². The van der Waals surface area contributed by atoms with Crippen LogP contribution in [0.15, 0.2) is 12.1 Å². The number of anilines is 1. The topological polar surface area (TPSA) is 26.0 Å². The molecule has 0 spiro atoms. The summed E-state index contributed by atoms with van der Waals surface area (Å²) in [5.41, 5.74) is 6.39. The number of nitrogen functional groups attached to an aromatic ring is 1. The summed E-state index contributed by atoms with van der Waals surface area (Å²) in [6, 6.07) is 2.90. The molecule has 0 aliphatic rings. The van der Waals surface area contributed by atoms with E-state index in [1.54, 1.807) is 6.07 Å². The van der Waals surface area contributed by atoms with Gasteiger partial charge in [0, 0.05) is 5.02 Å². The summed E-state index contributed by atoms with van der Waals surface area (Å²) >= 11 is 5.61. The van der Waals surface area contributed by atoms with Crippen molar-refractivity contribution in [3.63, 3.8) is 0 Å². The maximum atomic E-state index is 12.8. The molecule has 3 heteroatoms. The monoisotopic (exact) mass is 173 g/mol. The summed E-state index contributed by atoms with van der Waals surface area (Å²) < 4.78 is 12.8. The van der Waals surface area contributed by atoms with Crippen LogP contribution in [0.25, 0.3) is 0 Å². The predicted molar refractivity (Wildman–Crippen MR) is 45.2 cm³/mol. The minimum absolute atomic E-state index is 0.205. The van der Waals surface area contributed by atoms with Crippen molar-refractivity contribution in [1.29, 1.82) is 0 Å². The Morgan fingerprint density at radius 3 is 2.73 bits per heavy atom. The number of hydrogen-bond acceptors (Lipinski definition) is 1. The lowest BCUT2D eigenvalue weighted by Crippen LogP contribution is -1.96. The fourth-order valence-corrected chi connectivity index (χ4v) is 1.16. The second-order valence-electron chi connectivity index (χ2n) is 2.31. The predicted octanol–water partition coefficient (Wildman–Crippen LogP) is 2.62. The van der Waals surface area contributed by atoms with Crippen LogP contribution < -0.4 is 5.73 Å². The van der Waals surface area contributed by atoms with Crippen LogP contribution in [0.5, 0.6) is 0 Å². The Balaban J connectivity index is 3.24. The molecular weight excluding hydrogens is 165 g/mol. The standard InChI is InChI=1S/C8H9ClFN/c1-2-5-3-6(9)4-7(10)8(5)11/h3-4H,2,11H2,1H3. The van der Waals surface area contributed by atoms with E-state index in [0.717, 1.165) is 5.56 Å². The van der Waals surface area contributed by atoms with E-state index in [0.29, 0.717) is 11.4 Å². The number of halogens is 2. The fraction of sp³-hybridized carbons (Fsp3) is 0.250. The second-order valence-corrected chi connectivity index (χ2v) is 2.75. The summed E-state index contributed by atoms with van der Waals surface area (Å²) in [7, 11) is 0. The highest BCUT2D eigenvalue weighted by atomic mass is 35.5. The molecule has 2 N–H and O–H groups in total. The number of hydrogen-bond donors (Lipinski definition) is 1. The molecule has 0 amide bonds. The van der Waals surface area contributed by atoms with Gasteiger partial charge in [-0.2, -0.15) is 0 Å². The Bertz CT molecular complexity index is 273. The Morgan fingerprint density at radius 1 is 1.55 bits per heavy atom. The van der Waals surface area contributed by atoms with Gasteiger partial charge >= 0.3 is 0 Å². The third kappa shape index (κ3) is 1.63. The van der Waals surface area contributed by atoms with Gasteiger partial charge in [-0.05, 0) is 24.1 Å². The van der Waals surface area contributed by atoms with Crippen LogP contribution in [-0.4, -0.2) is 0 Å². The molecule has 0 bridgehead atoms. The number of benzene rings is 1. The molecule has 1 aromatic rings. The van der Waals surface area contributed by atoms with Crippen LogP contribution in [0.1, 0.15) is 12.5 Å². The molecule has 0 saturated heterocycles. The minimum Gasteiger partial charge on any atom is -0.396 e. The van der Waals surface area contributed by atoms with Crippen molar-refractivity contribution in [2.45, 2.75) is 13.3 Å². The molecule has 0 fully saturated rings.